The molecule has 0 atom stereocenters. The van der Waals surface area contributed by atoms with Gasteiger partial charge in [-0.3, -0.25) is 4.99 Å². The molecule has 1 saturated carbocycles. The van der Waals surface area contributed by atoms with Crippen LogP contribution in [-0.2, 0) is 15.4 Å². The Morgan fingerprint density at radius 3 is 2.67 bits per heavy atom. The molecule has 6 nitrogen and oxygen atoms in total. The van der Waals surface area contributed by atoms with Crippen LogP contribution in [0.2, 0.25) is 5.02 Å². The zero-order chi connectivity index (χ0) is 19.3. The molecule has 1 fully saturated rings. The summed E-state index contributed by atoms with van der Waals surface area (Å²) in [5, 5.41) is 8.97. The number of sulfonamides is 1. The topological polar surface area (TPSA) is 82.6 Å². The van der Waals surface area contributed by atoms with Crippen LogP contribution in [0.3, 0.4) is 0 Å². The molecule has 3 rings (SSSR count). The number of nitrogens with one attached hydrogen (secondary N) is 3. The second kappa shape index (κ2) is 8.60. The van der Waals surface area contributed by atoms with Crippen molar-refractivity contribution >= 4 is 38.9 Å². The number of thiophene rings is 1. The summed E-state index contributed by atoms with van der Waals surface area (Å²) in [6, 6.07) is 11.3. The van der Waals surface area contributed by atoms with Crippen LogP contribution in [-0.4, -0.2) is 41.1 Å². The molecule has 1 aliphatic rings. The number of nitrogens with zero attached hydrogens (tertiary/aromatic N) is 1. The number of guanidine groups is 1. The monoisotopic (exact) mass is 426 g/mol. The van der Waals surface area contributed by atoms with Crippen LogP contribution in [0.1, 0.15) is 18.4 Å². The summed E-state index contributed by atoms with van der Waals surface area (Å²) in [6.45, 7) is 1.47. The lowest BCUT2D eigenvalue weighted by Crippen LogP contribution is -2.44. The minimum atomic E-state index is -3.43. The van der Waals surface area contributed by atoms with Crippen LogP contribution in [0, 0.1) is 0 Å². The number of hydrogen-bond acceptors (Lipinski definition) is 4. The van der Waals surface area contributed by atoms with E-state index in [1.54, 1.807) is 24.6 Å². The SMILES string of the molecule is CN=C(NCCNS(=O)(=O)c1cccs1)NCC1(c2cccc(Cl)c2)CC1. The van der Waals surface area contributed by atoms with Gasteiger partial charge < -0.3 is 10.6 Å². The van der Waals surface area contributed by atoms with Crippen molar-refractivity contribution in [1.82, 2.24) is 15.4 Å². The van der Waals surface area contributed by atoms with Gasteiger partial charge in [0.2, 0.25) is 10.0 Å². The van der Waals surface area contributed by atoms with E-state index >= 15 is 0 Å². The second-order valence-corrected chi connectivity index (χ2v) is 9.85. The largest absolute Gasteiger partial charge is 0.356 e. The number of aliphatic imine (C=N–C) groups is 1. The van der Waals surface area contributed by atoms with Gasteiger partial charge in [0.15, 0.2) is 5.96 Å². The maximum Gasteiger partial charge on any atom is 0.250 e. The number of rotatable bonds is 8. The fraction of sp³-hybridized carbons (Fsp3) is 0.389. The fourth-order valence-electron chi connectivity index (χ4n) is 2.86. The molecule has 0 spiro atoms. The Hall–Kier alpha value is -1.61. The Kier molecular flexibility index (Phi) is 6.41. The van der Waals surface area contributed by atoms with E-state index in [-0.39, 0.29) is 12.0 Å². The zero-order valence-electron chi connectivity index (χ0n) is 15.0. The Bertz CT molecular complexity index is 894. The summed E-state index contributed by atoms with van der Waals surface area (Å²) in [5.74, 6) is 0.652. The van der Waals surface area contributed by atoms with Crippen molar-refractivity contribution in [1.29, 1.82) is 0 Å². The van der Waals surface area contributed by atoms with E-state index in [0.29, 0.717) is 16.7 Å². The molecule has 3 N–H and O–H groups in total. The van der Waals surface area contributed by atoms with E-state index in [4.69, 9.17) is 11.6 Å². The molecule has 0 amide bonds. The van der Waals surface area contributed by atoms with Gasteiger partial charge in [0, 0.05) is 37.1 Å². The maximum atomic E-state index is 12.1. The average Bonchev–Trinajstić information content (AvgIpc) is 3.23. The average molecular weight is 427 g/mol. The van der Waals surface area contributed by atoms with Crippen LogP contribution in [0.25, 0.3) is 0 Å². The zero-order valence-corrected chi connectivity index (χ0v) is 17.4. The molecule has 2 aromatic rings. The van der Waals surface area contributed by atoms with E-state index in [9.17, 15) is 8.42 Å². The van der Waals surface area contributed by atoms with Crippen LogP contribution in [0.15, 0.2) is 51.0 Å². The highest BCUT2D eigenvalue weighted by molar-refractivity contribution is 7.91. The van der Waals surface area contributed by atoms with Gasteiger partial charge in [-0.15, -0.1) is 11.3 Å². The maximum absolute atomic E-state index is 12.1. The summed E-state index contributed by atoms with van der Waals surface area (Å²) >= 11 is 7.31. The minimum Gasteiger partial charge on any atom is -0.356 e. The van der Waals surface area contributed by atoms with Crippen molar-refractivity contribution in [2.24, 2.45) is 4.99 Å². The van der Waals surface area contributed by atoms with Crippen LogP contribution in [0.5, 0.6) is 0 Å². The van der Waals surface area contributed by atoms with Crippen LogP contribution >= 0.6 is 22.9 Å². The summed E-state index contributed by atoms with van der Waals surface area (Å²) in [5.41, 5.74) is 1.34. The lowest BCUT2D eigenvalue weighted by atomic mass is 9.96. The van der Waals surface area contributed by atoms with E-state index in [2.05, 4.69) is 26.4 Å². The highest BCUT2D eigenvalue weighted by atomic mass is 35.5. The van der Waals surface area contributed by atoms with Gasteiger partial charge in [0.25, 0.3) is 0 Å². The van der Waals surface area contributed by atoms with Gasteiger partial charge in [-0.25, -0.2) is 13.1 Å². The molecule has 1 aromatic heterocycles. The molecule has 0 radical (unpaired) electrons. The first-order valence-corrected chi connectivity index (χ1v) is 11.4. The Morgan fingerprint density at radius 1 is 1.22 bits per heavy atom. The molecule has 146 valence electrons. The van der Waals surface area contributed by atoms with Gasteiger partial charge in [0.05, 0.1) is 0 Å². The van der Waals surface area contributed by atoms with E-state index in [1.165, 1.54) is 16.9 Å². The summed E-state index contributed by atoms with van der Waals surface area (Å²) < 4.78 is 27.0. The standard InChI is InChI=1S/C18H23ClN4O2S2/c1-20-17(21-9-10-23-27(24,25)16-6-3-11-26-16)22-13-18(7-8-18)14-4-2-5-15(19)12-14/h2-6,11-12,23H,7-10,13H2,1H3,(H2,20,21,22). The van der Waals surface area contributed by atoms with Crippen molar-refractivity contribution in [2.45, 2.75) is 22.5 Å². The third kappa shape index (κ3) is 5.22. The first-order chi connectivity index (χ1) is 13.0. The van der Waals surface area contributed by atoms with Crippen molar-refractivity contribution in [3.05, 3.63) is 52.4 Å². The van der Waals surface area contributed by atoms with Crippen molar-refractivity contribution in [2.75, 3.05) is 26.7 Å². The smallest absolute Gasteiger partial charge is 0.250 e. The van der Waals surface area contributed by atoms with Gasteiger partial charge in [0.1, 0.15) is 4.21 Å². The first kappa shape index (κ1) is 20.1. The molecular formula is C18H23ClN4O2S2. The van der Waals surface area contributed by atoms with Crippen molar-refractivity contribution < 1.29 is 8.42 Å². The van der Waals surface area contributed by atoms with Crippen LogP contribution in [0.4, 0.5) is 0 Å². The third-order valence-corrected chi connectivity index (χ3v) is 7.67. The predicted octanol–water partition coefficient (Wildman–Crippen LogP) is 2.58. The lowest BCUT2D eigenvalue weighted by molar-refractivity contribution is 0.582. The minimum absolute atomic E-state index is 0.100. The fourth-order valence-corrected chi connectivity index (χ4v) is 5.12. The Morgan fingerprint density at radius 2 is 2.04 bits per heavy atom. The molecule has 0 saturated heterocycles. The normalized spacial score (nSPS) is 16.1. The molecule has 1 heterocycles. The van der Waals surface area contributed by atoms with Gasteiger partial charge >= 0.3 is 0 Å². The number of hydrogen-bond donors (Lipinski definition) is 3. The Labute approximate surface area is 169 Å². The summed E-state index contributed by atoms with van der Waals surface area (Å²) in [7, 11) is -1.73. The van der Waals surface area contributed by atoms with Crippen molar-refractivity contribution in [3.63, 3.8) is 0 Å². The van der Waals surface area contributed by atoms with E-state index in [1.807, 2.05) is 18.2 Å². The molecule has 27 heavy (non-hydrogen) atoms. The van der Waals surface area contributed by atoms with Gasteiger partial charge in [-0.05, 0) is 42.0 Å². The quantitative estimate of drug-likeness (QED) is 0.344. The summed E-state index contributed by atoms with van der Waals surface area (Å²) in [4.78, 5) is 4.21. The summed E-state index contributed by atoms with van der Waals surface area (Å²) in [6.07, 6.45) is 2.22. The van der Waals surface area contributed by atoms with Gasteiger partial charge in [-0.2, -0.15) is 0 Å². The van der Waals surface area contributed by atoms with Crippen LogP contribution < -0.4 is 15.4 Å². The number of benzene rings is 1. The molecule has 1 aliphatic carbocycles. The van der Waals surface area contributed by atoms with Gasteiger partial charge in [-0.1, -0.05) is 29.8 Å². The molecule has 9 heteroatoms. The first-order valence-electron chi connectivity index (χ1n) is 8.69. The predicted molar refractivity (Wildman–Crippen MR) is 111 cm³/mol. The Balaban J connectivity index is 1.45. The third-order valence-electron chi connectivity index (χ3n) is 4.58. The molecule has 0 aliphatic heterocycles. The molecule has 0 unspecified atom stereocenters. The molecular weight excluding hydrogens is 404 g/mol. The molecule has 1 aromatic carbocycles. The lowest BCUT2D eigenvalue weighted by Gasteiger charge is -2.19. The number of halogens is 1. The van der Waals surface area contributed by atoms with E-state index in [0.717, 1.165) is 24.4 Å². The second-order valence-electron chi connectivity index (χ2n) is 6.47. The van der Waals surface area contributed by atoms with E-state index < -0.39 is 10.0 Å². The van der Waals surface area contributed by atoms with Crippen molar-refractivity contribution in [3.8, 4) is 0 Å². The molecule has 0 bridgehead atoms. The highest BCUT2D eigenvalue weighted by Gasteiger charge is 2.44. The highest BCUT2D eigenvalue weighted by Crippen LogP contribution is 2.48.